The molecule has 1 aromatic carbocycles. The van der Waals surface area contributed by atoms with Crippen molar-refractivity contribution in [1.29, 1.82) is 0 Å². The van der Waals surface area contributed by atoms with Gasteiger partial charge in [-0.3, -0.25) is 14.4 Å². The average molecular weight is 582 g/mol. The molecule has 1 spiro atoms. The first kappa shape index (κ1) is 26.9. The van der Waals surface area contributed by atoms with E-state index in [0.29, 0.717) is 17.1 Å². The minimum Gasteiger partial charge on any atom is -0.461 e. The molecule has 1 N–H and O–H groups in total. The number of fused-ring (bicyclic) bond motifs is 1. The van der Waals surface area contributed by atoms with Crippen LogP contribution >= 0.6 is 27.5 Å². The summed E-state index contributed by atoms with van der Waals surface area (Å²) >= 11 is 10.1. The number of halogens is 2. The largest absolute Gasteiger partial charge is 0.461 e. The topological polar surface area (TPSA) is 96.4 Å². The SMILES string of the molecule is C=CCOC(=O)[C@H]1[C@H]2C(=O)N([C@H](C)CO)C(C(=O)N(CC=C)c3c(C)cccc3Cl)C23CC(Br)[C@@H]1O3. The van der Waals surface area contributed by atoms with E-state index >= 15 is 0 Å². The van der Waals surface area contributed by atoms with Crippen molar-refractivity contribution in [3.05, 3.63) is 54.1 Å². The summed E-state index contributed by atoms with van der Waals surface area (Å²) in [6.45, 7) is 10.7. The van der Waals surface area contributed by atoms with Crippen LogP contribution in [-0.4, -0.2) is 76.2 Å². The van der Waals surface area contributed by atoms with Gasteiger partial charge in [-0.15, -0.1) is 6.58 Å². The summed E-state index contributed by atoms with van der Waals surface area (Å²) in [6, 6.07) is 3.56. The Kier molecular flexibility index (Phi) is 7.67. The number of esters is 1. The van der Waals surface area contributed by atoms with Crippen LogP contribution in [0.4, 0.5) is 5.69 Å². The number of aliphatic hydroxyl groups excluding tert-OH is 1. The Hall–Kier alpha value is -2.20. The van der Waals surface area contributed by atoms with Crippen molar-refractivity contribution in [3.63, 3.8) is 0 Å². The number of hydrogen-bond donors (Lipinski definition) is 1. The minimum absolute atomic E-state index is 0.000921. The van der Waals surface area contributed by atoms with Gasteiger partial charge in [0.05, 0.1) is 41.3 Å². The molecule has 36 heavy (non-hydrogen) atoms. The molecule has 8 nitrogen and oxygen atoms in total. The van der Waals surface area contributed by atoms with Crippen LogP contribution < -0.4 is 4.90 Å². The van der Waals surface area contributed by atoms with Crippen LogP contribution in [0.15, 0.2) is 43.5 Å². The number of para-hydroxylation sites is 1. The van der Waals surface area contributed by atoms with Crippen molar-refractivity contribution in [3.8, 4) is 0 Å². The highest BCUT2D eigenvalue weighted by Gasteiger charge is 2.77. The van der Waals surface area contributed by atoms with Crippen LogP contribution in [0.1, 0.15) is 18.9 Å². The van der Waals surface area contributed by atoms with E-state index in [1.165, 1.54) is 15.9 Å². The highest BCUT2D eigenvalue weighted by atomic mass is 79.9. The summed E-state index contributed by atoms with van der Waals surface area (Å²) < 4.78 is 11.8. The van der Waals surface area contributed by atoms with E-state index in [0.717, 1.165) is 5.56 Å². The Labute approximate surface area is 224 Å². The number of benzene rings is 1. The number of nitrogens with zero attached hydrogens (tertiary/aromatic N) is 2. The van der Waals surface area contributed by atoms with Crippen LogP contribution in [-0.2, 0) is 23.9 Å². The smallest absolute Gasteiger partial charge is 0.312 e. The molecule has 3 aliphatic rings. The summed E-state index contributed by atoms with van der Waals surface area (Å²) in [4.78, 5) is 44.0. The highest BCUT2D eigenvalue weighted by molar-refractivity contribution is 9.09. The van der Waals surface area contributed by atoms with Crippen LogP contribution in [0.3, 0.4) is 0 Å². The van der Waals surface area contributed by atoms with Gasteiger partial charge in [-0.05, 0) is 31.9 Å². The predicted octanol–water partition coefficient (Wildman–Crippen LogP) is 3.03. The fourth-order valence-electron chi connectivity index (χ4n) is 5.95. The second-order valence-corrected chi connectivity index (χ2v) is 11.1. The van der Waals surface area contributed by atoms with Crippen molar-refractivity contribution in [1.82, 2.24) is 4.90 Å². The lowest BCUT2D eigenvalue weighted by molar-refractivity contribution is -0.154. The van der Waals surface area contributed by atoms with Gasteiger partial charge in [0, 0.05) is 11.4 Å². The van der Waals surface area contributed by atoms with Crippen molar-refractivity contribution < 1.29 is 29.0 Å². The Balaban J connectivity index is 1.84. The van der Waals surface area contributed by atoms with E-state index in [-0.39, 0.29) is 24.6 Å². The Morgan fingerprint density at radius 1 is 1.42 bits per heavy atom. The van der Waals surface area contributed by atoms with Gasteiger partial charge in [-0.2, -0.15) is 0 Å². The average Bonchev–Trinajstić information content (AvgIpc) is 3.44. The maximum Gasteiger partial charge on any atom is 0.312 e. The summed E-state index contributed by atoms with van der Waals surface area (Å²) in [5.74, 6) is -3.21. The minimum atomic E-state index is -1.27. The first-order valence-corrected chi connectivity index (χ1v) is 13.1. The van der Waals surface area contributed by atoms with Crippen molar-refractivity contribution >= 4 is 51.0 Å². The first-order chi connectivity index (χ1) is 17.1. The second kappa shape index (κ2) is 10.3. The summed E-state index contributed by atoms with van der Waals surface area (Å²) in [5.41, 5.74) is 0.0136. The summed E-state index contributed by atoms with van der Waals surface area (Å²) in [5, 5.41) is 10.4. The van der Waals surface area contributed by atoms with Crippen molar-refractivity contribution in [2.24, 2.45) is 11.8 Å². The molecule has 2 bridgehead atoms. The molecule has 4 rings (SSSR count). The fraction of sp³-hybridized carbons (Fsp3) is 0.500. The summed E-state index contributed by atoms with van der Waals surface area (Å²) in [7, 11) is 0. The number of anilines is 1. The number of carbonyl (C=O) groups is 3. The molecule has 2 amide bonds. The second-order valence-electron chi connectivity index (χ2n) is 9.50. The molecule has 3 heterocycles. The molecule has 0 aliphatic carbocycles. The lowest BCUT2D eigenvalue weighted by atomic mass is 9.70. The molecule has 3 aliphatic heterocycles. The normalized spacial score (nSPS) is 31.2. The molecular formula is C26H30BrClN2O6. The Morgan fingerprint density at radius 2 is 2.14 bits per heavy atom. The van der Waals surface area contributed by atoms with Gasteiger partial charge in [0.2, 0.25) is 5.91 Å². The van der Waals surface area contributed by atoms with E-state index in [2.05, 4.69) is 29.1 Å². The number of aliphatic hydroxyl groups is 1. The van der Waals surface area contributed by atoms with E-state index in [1.807, 2.05) is 13.0 Å². The van der Waals surface area contributed by atoms with Crippen molar-refractivity contribution in [2.75, 3.05) is 24.7 Å². The zero-order valence-corrected chi connectivity index (χ0v) is 22.6. The molecular weight excluding hydrogens is 552 g/mol. The molecule has 3 unspecified atom stereocenters. The van der Waals surface area contributed by atoms with Crippen LogP contribution in [0.2, 0.25) is 5.02 Å². The maximum atomic E-state index is 14.4. The van der Waals surface area contributed by atoms with Crippen molar-refractivity contribution in [2.45, 2.75) is 48.9 Å². The third-order valence-corrected chi connectivity index (χ3v) is 8.50. The number of carbonyl (C=O) groups excluding carboxylic acids is 3. The van der Waals surface area contributed by atoms with E-state index in [1.54, 1.807) is 25.1 Å². The molecule has 0 saturated carbocycles. The highest BCUT2D eigenvalue weighted by Crippen LogP contribution is 2.60. The third-order valence-electron chi connectivity index (χ3n) is 7.35. The zero-order valence-electron chi connectivity index (χ0n) is 20.2. The lowest BCUT2D eigenvalue weighted by Crippen LogP contribution is -2.59. The molecule has 194 valence electrons. The third kappa shape index (κ3) is 4.00. The van der Waals surface area contributed by atoms with Crippen LogP contribution in [0.25, 0.3) is 0 Å². The molecule has 1 aromatic rings. The number of hydrogen-bond acceptors (Lipinski definition) is 6. The predicted molar refractivity (Wildman–Crippen MR) is 139 cm³/mol. The van der Waals surface area contributed by atoms with Crippen LogP contribution in [0.5, 0.6) is 0 Å². The van der Waals surface area contributed by atoms with Gasteiger partial charge in [0.15, 0.2) is 0 Å². The Morgan fingerprint density at radius 3 is 2.75 bits per heavy atom. The van der Waals surface area contributed by atoms with Gasteiger partial charge < -0.3 is 24.4 Å². The summed E-state index contributed by atoms with van der Waals surface area (Å²) in [6.07, 6.45) is 2.75. The van der Waals surface area contributed by atoms with Gasteiger partial charge in [-0.1, -0.05) is 58.4 Å². The maximum absolute atomic E-state index is 14.4. The fourth-order valence-corrected chi connectivity index (χ4v) is 7.22. The number of rotatable bonds is 9. The van der Waals surface area contributed by atoms with Crippen LogP contribution in [0, 0.1) is 18.8 Å². The van der Waals surface area contributed by atoms with E-state index in [4.69, 9.17) is 21.1 Å². The van der Waals surface area contributed by atoms with E-state index < -0.39 is 53.4 Å². The number of alkyl halides is 1. The van der Waals surface area contributed by atoms with E-state index in [9.17, 15) is 19.5 Å². The first-order valence-electron chi connectivity index (χ1n) is 11.8. The monoisotopic (exact) mass is 580 g/mol. The molecule has 0 aromatic heterocycles. The number of likely N-dealkylation sites (tertiary alicyclic amines) is 1. The molecule has 10 heteroatoms. The quantitative estimate of drug-likeness (QED) is 0.274. The Bertz CT molecular complexity index is 1080. The molecule has 3 saturated heterocycles. The molecule has 0 radical (unpaired) electrons. The number of ether oxygens (including phenoxy) is 2. The number of aryl methyl sites for hydroxylation is 1. The van der Waals surface area contributed by atoms with Gasteiger partial charge in [-0.25, -0.2) is 0 Å². The molecule has 7 atom stereocenters. The van der Waals surface area contributed by atoms with Gasteiger partial charge in [0.1, 0.15) is 18.2 Å². The zero-order chi connectivity index (χ0) is 26.4. The van der Waals surface area contributed by atoms with Gasteiger partial charge >= 0.3 is 5.97 Å². The number of amides is 2. The standard InChI is InChI=1S/C26H30BrClN2O6/c1-5-10-29(20-14(3)8-7-9-17(20)28)24(33)22-26-12-16(27)21(36-26)18(25(34)35-11-6-2)19(26)23(32)30(22)15(4)13-31/h5-9,15-16,18-19,21-22,31H,1-2,10-13H2,3-4H3/t15-,16?,18+,19+,21+,22?,26?/m1/s1. The molecule has 3 fully saturated rings. The lowest BCUT2D eigenvalue weighted by Gasteiger charge is -2.39. The van der Waals surface area contributed by atoms with Gasteiger partial charge in [0.25, 0.3) is 5.91 Å².